The Kier molecular flexibility index (Phi) is 4.82. The molecule has 1 aromatic rings. The van der Waals surface area contributed by atoms with Crippen LogP contribution in [0.15, 0.2) is 22.7 Å². The molecule has 19 heavy (non-hydrogen) atoms. The summed E-state index contributed by atoms with van der Waals surface area (Å²) in [6, 6.07) is 5.36. The number of rotatable bonds is 3. The highest BCUT2D eigenvalue weighted by atomic mass is 79.9. The molecule has 104 valence electrons. The quantitative estimate of drug-likeness (QED) is 0.868. The summed E-state index contributed by atoms with van der Waals surface area (Å²) < 4.78 is 6.01. The first-order valence-corrected chi connectivity index (χ1v) is 7.24. The van der Waals surface area contributed by atoms with E-state index in [-0.39, 0.29) is 5.91 Å². The third-order valence-corrected chi connectivity index (χ3v) is 4.17. The largest absolute Gasteiger partial charge is 0.398 e. The maximum absolute atomic E-state index is 12.4. The molecule has 1 amide bonds. The molecule has 0 spiro atoms. The number of carbonyl (C=O) groups excluding carboxylic acids is 1. The molecule has 0 aromatic heterocycles. The predicted octanol–water partition coefficient (Wildman–Crippen LogP) is 2.53. The van der Waals surface area contributed by atoms with Crippen molar-refractivity contribution in [3.63, 3.8) is 0 Å². The summed E-state index contributed by atoms with van der Waals surface area (Å²) >= 11 is 3.34. The minimum Gasteiger partial charge on any atom is -0.398 e. The third kappa shape index (κ3) is 3.48. The van der Waals surface area contributed by atoms with Gasteiger partial charge in [-0.2, -0.15) is 0 Å². The molecular weight excluding hydrogens is 308 g/mol. The van der Waals surface area contributed by atoms with E-state index in [0.717, 1.165) is 30.4 Å². The third-order valence-electron chi connectivity index (χ3n) is 3.45. The van der Waals surface area contributed by atoms with Gasteiger partial charge in [-0.3, -0.25) is 4.79 Å². The van der Waals surface area contributed by atoms with E-state index in [0.29, 0.717) is 23.8 Å². The second kappa shape index (κ2) is 6.39. The molecule has 1 aromatic carbocycles. The minimum atomic E-state index is 0.0556. The zero-order valence-corrected chi connectivity index (χ0v) is 12.6. The maximum atomic E-state index is 12.4. The number of piperidine rings is 1. The van der Waals surface area contributed by atoms with Crippen molar-refractivity contribution in [1.29, 1.82) is 0 Å². The molecule has 2 N–H and O–H groups in total. The monoisotopic (exact) mass is 326 g/mol. The van der Waals surface area contributed by atoms with Crippen LogP contribution in [0.1, 0.15) is 23.2 Å². The van der Waals surface area contributed by atoms with Crippen LogP contribution in [0.4, 0.5) is 5.69 Å². The van der Waals surface area contributed by atoms with Gasteiger partial charge < -0.3 is 15.4 Å². The molecular formula is C14H19BrN2O2. The van der Waals surface area contributed by atoms with E-state index < -0.39 is 0 Å². The van der Waals surface area contributed by atoms with Gasteiger partial charge in [0.2, 0.25) is 0 Å². The number of hydrogen-bond acceptors (Lipinski definition) is 3. The molecule has 0 aliphatic carbocycles. The van der Waals surface area contributed by atoms with Gasteiger partial charge in [0.15, 0.2) is 0 Å². The minimum absolute atomic E-state index is 0.0556. The van der Waals surface area contributed by atoms with Gasteiger partial charge in [0.05, 0.1) is 6.61 Å². The summed E-state index contributed by atoms with van der Waals surface area (Å²) in [5, 5.41) is 0. The Morgan fingerprint density at radius 1 is 1.58 bits per heavy atom. The van der Waals surface area contributed by atoms with E-state index in [4.69, 9.17) is 10.5 Å². The highest BCUT2D eigenvalue weighted by molar-refractivity contribution is 9.10. The van der Waals surface area contributed by atoms with Crippen LogP contribution in [0.3, 0.4) is 0 Å². The van der Waals surface area contributed by atoms with Crippen molar-refractivity contribution in [2.24, 2.45) is 5.92 Å². The number of carbonyl (C=O) groups is 1. The molecule has 1 unspecified atom stereocenters. The number of methoxy groups -OCH3 is 1. The van der Waals surface area contributed by atoms with Crippen LogP contribution in [-0.2, 0) is 4.74 Å². The summed E-state index contributed by atoms with van der Waals surface area (Å²) in [7, 11) is 1.70. The van der Waals surface area contributed by atoms with Crippen molar-refractivity contribution >= 4 is 27.5 Å². The lowest BCUT2D eigenvalue weighted by Crippen LogP contribution is -2.41. The molecule has 1 heterocycles. The van der Waals surface area contributed by atoms with Gasteiger partial charge in [-0.25, -0.2) is 0 Å². The highest BCUT2D eigenvalue weighted by Crippen LogP contribution is 2.23. The molecule has 1 fully saturated rings. The predicted molar refractivity (Wildman–Crippen MR) is 79.1 cm³/mol. The Bertz CT molecular complexity index is 463. The van der Waals surface area contributed by atoms with Crippen LogP contribution in [0, 0.1) is 5.92 Å². The number of hydrogen-bond donors (Lipinski definition) is 1. The molecule has 1 atom stereocenters. The van der Waals surface area contributed by atoms with Crippen molar-refractivity contribution in [1.82, 2.24) is 4.90 Å². The van der Waals surface area contributed by atoms with Gasteiger partial charge in [-0.05, 0) is 52.9 Å². The first-order valence-electron chi connectivity index (χ1n) is 6.45. The number of benzene rings is 1. The first kappa shape index (κ1) is 14.3. The summed E-state index contributed by atoms with van der Waals surface area (Å²) in [6.45, 7) is 2.30. The van der Waals surface area contributed by atoms with E-state index in [9.17, 15) is 4.79 Å². The fourth-order valence-corrected chi connectivity index (χ4v) is 2.73. The van der Waals surface area contributed by atoms with Gasteiger partial charge in [0.1, 0.15) is 0 Å². The van der Waals surface area contributed by atoms with Crippen LogP contribution in [0.25, 0.3) is 0 Å². The van der Waals surface area contributed by atoms with Gasteiger partial charge in [0, 0.05) is 35.9 Å². The number of amides is 1. The zero-order valence-electron chi connectivity index (χ0n) is 11.1. The SMILES string of the molecule is COCC1CCCN(C(=O)c2ccc(Br)c(N)c2)C1. The van der Waals surface area contributed by atoms with Gasteiger partial charge in [0.25, 0.3) is 5.91 Å². The molecule has 1 saturated heterocycles. The Balaban J connectivity index is 2.08. The number of nitrogen functional groups attached to an aromatic ring is 1. The van der Waals surface area contributed by atoms with Crippen LogP contribution in [0.5, 0.6) is 0 Å². The normalized spacial score (nSPS) is 19.5. The van der Waals surface area contributed by atoms with E-state index in [1.54, 1.807) is 13.2 Å². The van der Waals surface area contributed by atoms with E-state index in [2.05, 4.69) is 15.9 Å². The topological polar surface area (TPSA) is 55.6 Å². The van der Waals surface area contributed by atoms with Crippen LogP contribution in [0.2, 0.25) is 0 Å². The molecule has 0 saturated carbocycles. The van der Waals surface area contributed by atoms with E-state index in [1.165, 1.54) is 0 Å². The highest BCUT2D eigenvalue weighted by Gasteiger charge is 2.24. The van der Waals surface area contributed by atoms with Crippen molar-refractivity contribution in [3.05, 3.63) is 28.2 Å². The van der Waals surface area contributed by atoms with Crippen molar-refractivity contribution in [2.45, 2.75) is 12.8 Å². The Morgan fingerprint density at radius 2 is 2.37 bits per heavy atom. The molecule has 1 aliphatic heterocycles. The second-order valence-electron chi connectivity index (χ2n) is 4.95. The number of nitrogens with zero attached hydrogens (tertiary/aromatic N) is 1. The lowest BCUT2D eigenvalue weighted by Gasteiger charge is -2.32. The van der Waals surface area contributed by atoms with Crippen molar-refractivity contribution < 1.29 is 9.53 Å². The fourth-order valence-electron chi connectivity index (χ4n) is 2.48. The van der Waals surface area contributed by atoms with Gasteiger partial charge in [-0.1, -0.05) is 0 Å². The molecule has 2 rings (SSSR count). The number of ether oxygens (including phenoxy) is 1. The van der Waals surface area contributed by atoms with Gasteiger partial charge >= 0.3 is 0 Å². The Morgan fingerprint density at radius 3 is 3.05 bits per heavy atom. The van der Waals surface area contributed by atoms with Gasteiger partial charge in [-0.15, -0.1) is 0 Å². The van der Waals surface area contributed by atoms with E-state index in [1.807, 2.05) is 17.0 Å². The van der Waals surface area contributed by atoms with Crippen LogP contribution < -0.4 is 5.73 Å². The molecule has 0 radical (unpaired) electrons. The van der Waals surface area contributed by atoms with Crippen LogP contribution in [-0.4, -0.2) is 37.6 Å². The zero-order chi connectivity index (χ0) is 13.8. The molecule has 0 bridgehead atoms. The summed E-state index contributed by atoms with van der Waals surface area (Å²) in [6.07, 6.45) is 2.16. The van der Waals surface area contributed by atoms with Crippen molar-refractivity contribution in [3.8, 4) is 0 Å². The number of halogens is 1. The Labute approximate surface area is 122 Å². The summed E-state index contributed by atoms with van der Waals surface area (Å²) in [4.78, 5) is 14.3. The number of likely N-dealkylation sites (tertiary alicyclic amines) is 1. The lowest BCUT2D eigenvalue weighted by molar-refractivity contribution is 0.0571. The van der Waals surface area contributed by atoms with Crippen LogP contribution >= 0.6 is 15.9 Å². The second-order valence-corrected chi connectivity index (χ2v) is 5.81. The average molecular weight is 327 g/mol. The number of anilines is 1. The fraction of sp³-hybridized carbons (Fsp3) is 0.500. The standard InChI is InChI=1S/C14H19BrN2O2/c1-19-9-10-3-2-6-17(8-10)14(18)11-4-5-12(15)13(16)7-11/h4-5,7,10H,2-3,6,8-9,16H2,1H3. The summed E-state index contributed by atoms with van der Waals surface area (Å²) in [5.41, 5.74) is 7.07. The maximum Gasteiger partial charge on any atom is 0.253 e. The average Bonchev–Trinajstić information content (AvgIpc) is 2.42. The molecule has 4 nitrogen and oxygen atoms in total. The Hall–Kier alpha value is -1.07. The van der Waals surface area contributed by atoms with Crippen molar-refractivity contribution in [2.75, 3.05) is 32.5 Å². The molecule has 5 heteroatoms. The number of nitrogens with two attached hydrogens (primary N) is 1. The molecule has 1 aliphatic rings. The first-order chi connectivity index (χ1) is 9.11. The smallest absolute Gasteiger partial charge is 0.253 e. The summed E-state index contributed by atoms with van der Waals surface area (Å²) in [5.74, 6) is 0.496. The van der Waals surface area contributed by atoms with E-state index >= 15 is 0 Å². The lowest BCUT2D eigenvalue weighted by atomic mass is 9.98.